The van der Waals surface area contributed by atoms with Crippen LogP contribution in [0.4, 0.5) is 0 Å². The lowest BCUT2D eigenvalue weighted by Crippen LogP contribution is -2.50. The summed E-state index contributed by atoms with van der Waals surface area (Å²) in [5, 5.41) is 0. The summed E-state index contributed by atoms with van der Waals surface area (Å²) in [6.07, 6.45) is 4.83. The summed E-state index contributed by atoms with van der Waals surface area (Å²) < 4.78 is 11.7. The fraction of sp³-hybridized carbons (Fsp3) is 0.750. The summed E-state index contributed by atoms with van der Waals surface area (Å²) in [5.41, 5.74) is 2.26. The normalized spacial score (nSPS) is 27.9. The minimum atomic E-state index is 0.00517. The minimum Gasteiger partial charge on any atom is -0.381 e. The molecule has 7 nitrogen and oxygen atoms in total. The van der Waals surface area contributed by atoms with Gasteiger partial charge in [-0.05, 0) is 33.1 Å². The van der Waals surface area contributed by atoms with Gasteiger partial charge in [-0.25, -0.2) is 9.97 Å². The van der Waals surface area contributed by atoms with Gasteiger partial charge in [0.2, 0.25) is 0 Å². The van der Waals surface area contributed by atoms with Gasteiger partial charge in [0.25, 0.3) is 5.91 Å². The zero-order valence-corrected chi connectivity index (χ0v) is 16.4. The van der Waals surface area contributed by atoms with Crippen molar-refractivity contribution in [2.24, 2.45) is 5.92 Å². The Kier molecular flexibility index (Phi) is 5.71. The van der Waals surface area contributed by atoms with Crippen molar-refractivity contribution in [2.75, 3.05) is 46.0 Å². The Morgan fingerprint density at radius 2 is 1.89 bits per heavy atom. The highest BCUT2D eigenvalue weighted by Crippen LogP contribution is 2.28. The van der Waals surface area contributed by atoms with E-state index in [0.717, 1.165) is 70.0 Å². The maximum atomic E-state index is 13.0. The first kappa shape index (κ1) is 18.8. The molecule has 0 spiro atoms. The summed E-state index contributed by atoms with van der Waals surface area (Å²) in [6.45, 7) is 9.81. The quantitative estimate of drug-likeness (QED) is 0.780. The number of carbonyl (C=O) groups is 1. The van der Waals surface area contributed by atoms with Crippen molar-refractivity contribution >= 4 is 5.91 Å². The van der Waals surface area contributed by atoms with Crippen LogP contribution in [0.25, 0.3) is 0 Å². The van der Waals surface area contributed by atoms with Crippen LogP contribution >= 0.6 is 0 Å². The molecule has 2 atom stereocenters. The number of amides is 1. The standard InChI is InChI=1S/C20H30N4O3/c1-14-15(2)21-13-22-19(14)20(25)24-6-3-16-11-23(7-10-27-18(16)12-24)17-4-8-26-9-5-17/h13,16-18H,3-12H2,1-2H3. The molecule has 3 aliphatic heterocycles. The van der Waals surface area contributed by atoms with Crippen LogP contribution in [-0.4, -0.2) is 83.8 Å². The molecule has 1 aromatic heterocycles. The molecule has 0 saturated carbocycles. The van der Waals surface area contributed by atoms with Gasteiger partial charge in [0.15, 0.2) is 0 Å². The molecule has 3 aliphatic rings. The van der Waals surface area contributed by atoms with Gasteiger partial charge in [0.05, 0.1) is 12.7 Å². The molecule has 1 aromatic rings. The lowest BCUT2D eigenvalue weighted by Gasteiger charge is -2.39. The van der Waals surface area contributed by atoms with Crippen LogP contribution < -0.4 is 0 Å². The highest BCUT2D eigenvalue weighted by atomic mass is 16.5. The fourth-order valence-corrected chi connectivity index (χ4v) is 4.55. The van der Waals surface area contributed by atoms with Crippen molar-refractivity contribution in [3.05, 3.63) is 23.3 Å². The van der Waals surface area contributed by atoms with Gasteiger partial charge in [0, 0.05) is 62.6 Å². The van der Waals surface area contributed by atoms with Crippen molar-refractivity contribution in [2.45, 2.75) is 45.3 Å². The van der Waals surface area contributed by atoms with Crippen molar-refractivity contribution in [1.82, 2.24) is 19.8 Å². The van der Waals surface area contributed by atoms with Gasteiger partial charge in [0.1, 0.15) is 12.0 Å². The lowest BCUT2D eigenvalue weighted by atomic mass is 9.92. The molecule has 2 unspecified atom stereocenters. The lowest BCUT2D eigenvalue weighted by molar-refractivity contribution is -0.0176. The third-order valence-corrected chi connectivity index (χ3v) is 6.41. The Labute approximate surface area is 161 Å². The average Bonchev–Trinajstić information content (AvgIpc) is 2.92. The van der Waals surface area contributed by atoms with E-state index in [1.165, 1.54) is 6.33 Å². The largest absolute Gasteiger partial charge is 0.381 e. The zero-order chi connectivity index (χ0) is 18.8. The molecular weight excluding hydrogens is 344 g/mol. The maximum Gasteiger partial charge on any atom is 0.272 e. The first-order valence-corrected chi connectivity index (χ1v) is 10.1. The van der Waals surface area contributed by atoms with Gasteiger partial charge in [-0.3, -0.25) is 9.69 Å². The second kappa shape index (κ2) is 8.20. The number of rotatable bonds is 2. The van der Waals surface area contributed by atoms with E-state index in [1.807, 2.05) is 18.7 Å². The number of hydrogen-bond donors (Lipinski definition) is 0. The monoisotopic (exact) mass is 374 g/mol. The van der Waals surface area contributed by atoms with Crippen LogP contribution in [0.3, 0.4) is 0 Å². The molecule has 27 heavy (non-hydrogen) atoms. The van der Waals surface area contributed by atoms with Crippen LogP contribution in [-0.2, 0) is 9.47 Å². The van der Waals surface area contributed by atoms with E-state index in [4.69, 9.17) is 9.47 Å². The molecule has 3 fully saturated rings. The first-order chi connectivity index (χ1) is 13.1. The fourth-order valence-electron chi connectivity index (χ4n) is 4.55. The van der Waals surface area contributed by atoms with Crippen molar-refractivity contribution in [3.8, 4) is 0 Å². The molecule has 0 bridgehead atoms. The number of aryl methyl sites for hydroxylation is 1. The number of hydrogen-bond acceptors (Lipinski definition) is 6. The summed E-state index contributed by atoms with van der Waals surface area (Å²) in [6, 6.07) is 0.618. The van der Waals surface area contributed by atoms with E-state index < -0.39 is 0 Å². The van der Waals surface area contributed by atoms with E-state index >= 15 is 0 Å². The third-order valence-electron chi connectivity index (χ3n) is 6.41. The van der Waals surface area contributed by atoms with Crippen molar-refractivity contribution in [1.29, 1.82) is 0 Å². The predicted molar refractivity (Wildman–Crippen MR) is 101 cm³/mol. The van der Waals surface area contributed by atoms with Gasteiger partial charge in [-0.15, -0.1) is 0 Å². The minimum absolute atomic E-state index is 0.00517. The second-order valence-electron chi connectivity index (χ2n) is 7.98. The van der Waals surface area contributed by atoms with E-state index in [2.05, 4.69) is 14.9 Å². The van der Waals surface area contributed by atoms with Crippen LogP contribution in [0.5, 0.6) is 0 Å². The number of nitrogens with zero attached hydrogens (tertiary/aromatic N) is 4. The number of likely N-dealkylation sites (tertiary alicyclic amines) is 1. The Balaban J connectivity index is 1.41. The zero-order valence-electron chi connectivity index (χ0n) is 16.4. The number of ether oxygens (including phenoxy) is 2. The molecule has 4 rings (SSSR count). The van der Waals surface area contributed by atoms with E-state index in [1.54, 1.807) is 0 Å². The van der Waals surface area contributed by atoms with Crippen LogP contribution in [0.2, 0.25) is 0 Å². The van der Waals surface area contributed by atoms with Gasteiger partial charge in [-0.2, -0.15) is 0 Å². The Morgan fingerprint density at radius 1 is 1.07 bits per heavy atom. The number of carbonyl (C=O) groups excluding carboxylic acids is 1. The molecule has 1 amide bonds. The Morgan fingerprint density at radius 3 is 2.70 bits per heavy atom. The molecule has 148 valence electrons. The maximum absolute atomic E-state index is 13.0. The third kappa shape index (κ3) is 4.00. The topological polar surface area (TPSA) is 67.8 Å². The van der Waals surface area contributed by atoms with Crippen LogP contribution in [0.15, 0.2) is 6.33 Å². The number of fused-ring (bicyclic) bond motifs is 1. The number of aromatic nitrogens is 2. The molecule has 0 radical (unpaired) electrons. The molecule has 0 aliphatic carbocycles. The molecule has 3 saturated heterocycles. The molecule has 4 heterocycles. The Hall–Kier alpha value is -1.57. The van der Waals surface area contributed by atoms with Crippen molar-refractivity contribution < 1.29 is 14.3 Å². The molecular formula is C20H30N4O3. The van der Waals surface area contributed by atoms with Gasteiger partial charge < -0.3 is 14.4 Å². The molecule has 0 aromatic carbocycles. The van der Waals surface area contributed by atoms with E-state index in [0.29, 0.717) is 24.2 Å². The summed E-state index contributed by atoms with van der Waals surface area (Å²) in [7, 11) is 0. The predicted octanol–water partition coefficient (Wildman–Crippen LogP) is 1.44. The highest BCUT2D eigenvalue weighted by Gasteiger charge is 2.37. The summed E-state index contributed by atoms with van der Waals surface area (Å²) >= 11 is 0. The summed E-state index contributed by atoms with van der Waals surface area (Å²) in [5.74, 6) is 0.498. The average molecular weight is 374 g/mol. The van der Waals surface area contributed by atoms with Crippen LogP contribution in [0, 0.1) is 19.8 Å². The molecule has 7 heteroatoms. The smallest absolute Gasteiger partial charge is 0.272 e. The Bertz CT molecular complexity index is 677. The summed E-state index contributed by atoms with van der Waals surface area (Å²) in [4.78, 5) is 25.9. The van der Waals surface area contributed by atoms with E-state index in [9.17, 15) is 4.79 Å². The van der Waals surface area contributed by atoms with Crippen LogP contribution in [0.1, 0.15) is 41.0 Å². The van der Waals surface area contributed by atoms with E-state index in [-0.39, 0.29) is 12.0 Å². The van der Waals surface area contributed by atoms with Gasteiger partial charge >= 0.3 is 0 Å². The van der Waals surface area contributed by atoms with Gasteiger partial charge in [-0.1, -0.05) is 0 Å². The SMILES string of the molecule is Cc1ncnc(C(=O)N2CCC3CN(C4CCOCC4)CCOC3C2)c1C. The number of piperidine rings is 1. The molecule has 0 N–H and O–H groups in total. The van der Waals surface area contributed by atoms with Crippen molar-refractivity contribution in [3.63, 3.8) is 0 Å². The highest BCUT2D eigenvalue weighted by molar-refractivity contribution is 5.93. The first-order valence-electron chi connectivity index (χ1n) is 10.1. The second-order valence-corrected chi connectivity index (χ2v) is 7.98.